The predicted octanol–water partition coefficient (Wildman–Crippen LogP) is 3.05. The van der Waals surface area contributed by atoms with E-state index in [0.717, 1.165) is 31.7 Å². The smallest absolute Gasteiger partial charge is 0.127 e. The van der Waals surface area contributed by atoms with Gasteiger partial charge in [-0.05, 0) is 17.5 Å². The summed E-state index contributed by atoms with van der Waals surface area (Å²) in [6.07, 6.45) is 0. The summed E-state index contributed by atoms with van der Waals surface area (Å²) >= 11 is 0. The van der Waals surface area contributed by atoms with Crippen molar-refractivity contribution in [1.29, 1.82) is 0 Å². The first-order valence-corrected chi connectivity index (χ1v) is 7.51. The zero-order valence-corrected chi connectivity index (χ0v) is 12.1. The lowest BCUT2D eigenvalue weighted by Gasteiger charge is -2.33. The average molecular weight is 284 g/mol. The molecule has 3 rings (SSSR count). The maximum atomic E-state index is 13.9. The number of rotatable bonds is 6. The Morgan fingerprint density at radius 1 is 0.952 bits per heavy atom. The van der Waals surface area contributed by atoms with E-state index in [9.17, 15) is 4.39 Å². The van der Waals surface area contributed by atoms with Gasteiger partial charge < -0.3 is 5.32 Å². The first kappa shape index (κ1) is 14.2. The van der Waals surface area contributed by atoms with Crippen LogP contribution < -0.4 is 5.32 Å². The number of hydrogen-bond acceptors (Lipinski definition) is 2. The second kappa shape index (κ2) is 6.83. The van der Waals surface area contributed by atoms with Crippen molar-refractivity contribution >= 4 is 0 Å². The van der Waals surface area contributed by atoms with Gasteiger partial charge in [0.15, 0.2) is 0 Å². The molecular weight excluding hydrogens is 263 g/mol. The molecule has 1 saturated heterocycles. The molecule has 3 heteroatoms. The Kier molecular flexibility index (Phi) is 4.63. The van der Waals surface area contributed by atoms with Gasteiger partial charge in [0.05, 0.1) is 0 Å². The molecule has 0 radical (unpaired) electrons. The largest absolute Gasteiger partial charge is 0.316 e. The minimum absolute atomic E-state index is 0.109. The Balaban J connectivity index is 1.70. The molecule has 110 valence electrons. The molecule has 2 nitrogen and oxygen atoms in total. The van der Waals surface area contributed by atoms with Gasteiger partial charge in [-0.15, -0.1) is 0 Å². The first-order valence-electron chi connectivity index (χ1n) is 7.51. The summed E-state index contributed by atoms with van der Waals surface area (Å²) in [7, 11) is 0. The molecule has 0 aliphatic carbocycles. The lowest BCUT2D eigenvalue weighted by molar-refractivity contribution is 0.177. The van der Waals surface area contributed by atoms with Crippen LogP contribution in [0.25, 0.3) is 0 Å². The third-order valence-electron chi connectivity index (χ3n) is 3.98. The molecule has 1 heterocycles. The molecular formula is C18H21FN2. The van der Waals surface area contributed by atoms with Crippen molar-refractivity contribution in [3.63, 3.8) is 0 Å². The van der Waals surface area contributed by atoms with Crippen LogP contribution >= 0.6 is 0 Å². The van der Waals surface area contributed by atoms with Crippen LogP contribution in [0.4, 0.5) is 4.39 Å². The molecule has 0 saturated carbocycles. The van der Waals surface area contributed by atoms with Crippen LogP contribution in [0.2, 0.25) is 0 Å². The van der Waals surface area contributed by atoms with E-state index < -0.39 is 0 Å². The van der Waals surface area contributed by atoms with Crippen molar-refractivity contribution in [2.45, 2.75) is 13.1 Å². The Bertz CT molecular complexity index is 566. The monoisotopic (exact) mass is 284 g/mol. The summed E-state index contributed by atoms with van der Waals surface area (Å²) < 4.78 is 13.9. The summed E-state index contributed by atoms with van der Waals surface area (Å²) in [5.74, 6) is 0.572. The molecule has 1 aliphatic rings. The van der Waals surface area contributed by atoms with Gasteiger partial charge >= 0.3 is 0 Å². The Morgan fingerprint density at radius 3 is 2.33 bits per heavy atom. The van der Waals surface area contributed by atoms with Gasteiger partial charge in [0.2, 0.25) is 0 Å². The standard InChI is InChI=1S/C18H21FN2/c19-18-9-5-4-8-17(18)14-21(13-16-10-20-11-16)12-15-6-2-1-3-7-15/h1-9,16,20H,10-14H2. The van der Waals surface area contributed by atoms with Gasteiger partial charge in [-0.1, -0.05) is 48.5 Å². The number of nitrogens with one attached hydrogen (secondary N) is 1. The topological polar surface area (TPSA) is 15.3 Å². The summed E-state index contributed by atoms with van der Waals surface area (Å²) in [4.78, 5) is 2.35. The van der Waals surface area contributed by atoms with Gasteiger partial charge in [0.1, 0.15) is 5.82 Å². The fourth-order valence-corrected chi connectivity index (χ4v) is 2.74. The number of halogens is 1. The number of nitrogens with zero attached hydrogens (tertiary/aromatic N) is 1. The second-order valence-electron chi connectivity index (χ2n) is 5.77. The van der Waals surface area contributed by atoms with E-state index in [1.165, 1.54) is 5.56 Å². The first-order chi connectivity index (χ1) is 10.3. The van der Waals surface area contributed by atoms with Crippen LogP contribution in [-0.4, -0.2) is 24.5 Å². The van der Waals surface area contributed by atoms with Crippen LogP contribution in [0.1, 0.15) is 11.1 Å². The highest BCUT2D eigenvalue weighted by atomic mass is 19.1. The van der Waals surface area contributed by atoms with E-state index in [2.05, 4.69) is 34.5 Å². The van der Waals surface area contributed by atoms with Crippen molar-refractivity contribution in [2.24, 2.45) is 5.92 Å². The lowest BCUT2D eigenvalue weighted by atomic mass is 10.0. The highest BCUT2D eigenvalue weighted by Gasteiger charge is 2.21. The van der Waals surface area contributed by atoms with Crippen molar-refractivity contribution in [3.05, 3.63) is 71.5 Å². The quantitative estimate of drug-likeness (QED) is 0.877. The summed E-state index contributed by atoms with van der Waals surface area (Å²) in [6.45, 7) is 4.69. The van der Waals surface area contributed by atoms with E-state index in [0.29, 0.717) is 12.5 Å². The lowest BCUT2D eigenvalue weighted by Crippen LogP contribution is -2.48. The zero-order chi connectivity index (χ0) is 14.5. The van der Waals surface area contributed by atoms with Gasteiger partial charge in [-0.2, -0.15) is 0 Å². The minimum Gasteiger partial charge on any atom is -0.316 e. The molecule has 1 fully saturated rings. The molecule has 2 aromatic rings. The fourth-order valence-electron chi connectivity index (χ4n) is 2.74. The van der Waals surface area contributed by atoms with E-state index in [4.69, 9.17) is 0 Å². The van der Waals surface area contributed by atoms with Gasteiger partial charge in [0, 0.05) is 38.3 Å². The zero-order valence-electron chi connectivity index (χ0n) is 12.1. The Morgan fingerprint density at radius 2 is 1.67 bits per heavy atom. The van der Waals surface area contributed by atoms with Gasteiger partial charge in [-0.3, -0.25) is 4.90 Å². The minimum atomic E-state index is -0.109. The molecule has 1 aliphatic heterocycles. The van der Waals surface area contributed by atoms with Crippen LogP contribution in [-0.2, 0) is 13.1 Å². The Labute approximate surface area is 125 Å². The van der Waals surface area contributed by atoms with Crippen LogP contribution in [0.5, 0.6) is 0 Å². The Hall–Kier alpha value is -1.71. The maximum Gasteiger partial charge on any atom is 0.127 e. The van der Waals surface area contributed by atoms with Gasteiger partial charge in [-0.25, -0.2) is 4.39 Å². The summed E-state index contributed by atoms with van der Waals surface area (Å²) in [5.41, 5.74) is 2.06. The highest BCUT2D eigenvalue weighted by Crippen LogP contribution is 2.16. The van der Waals surface area contributed by atoms with E-state index in [-0.39, 0.29) is 5.82 Å². The third kappa shape index (κ3) is 3.90. The number of hydrogen-bond donors (Lipinski definition) is 1. The van der Waals surface area contributed by atoms with Crippen LogP contribution in [0.3, 0.4) is 0 Å². The van der Waals surface area contributed by atoms with Crippen molar-refractivity contribution < 1.29 is 4.39 Å². The third-order valence-corrected chi connectivity index (χ3v) is 3.98. The molecule has 0 amide bonds. The van der Waals surface area contributed by atoms with Crippen LogP contribution in [0.15, 0.2) is 54.6 Å². The van der Waals surface area contributed by atoms with Crippen molar-refractivity contribution in [2.75, 3.05) is 19.6 Å². The summed E-state index contributed by atoms with van der Waals surface area (Å²) in [6, 6.07) is 17.5. The maximum absolute atomic E-state index is 13.9. The molecule has 1 N–H and O–H groups in total. The highest BCUT2D eigenvalue weighted by molar-refractivity contribution is 5.18. The molecule has 0 spiro atoms. The van der Waals surface area contributed by atoms with E-state index >= 15 is 0 Å². The van der Waals surface area contributed by atoms with Gasteiger partial charge in [0.25, 0.3) is 0 Å². The van der Waals surface area contributed by atoms with Crippen molar-refractivity contribution in [3.8, 4) is 0 Å². The molecule has 0 unspecified atom stereocenters. The fraction of sp³-hybridized carbons (Fsp3) is 0.333. The molecule has 0 atom stereocenters. The molecule has 21 heavy (non-hydrogen) atoms. The second-order valence-corrected chi connectivity index (χ2v) is 5.77. The molecule has 0 bridgehead atoms. The van der Waals surface area contributed by atoms with E-state index in [1.807, 2.05) is 18.2 Å². The SMILES string of the molecule is Fc1ccccc1CN(Cc1ccccc1)CC1CNC1. The average Bonchev–Trinajstić information content (AvgIpc) is 2.46. The molecule has 2 aromatic carbocycles. The molecule has 0 aromatic heterocycles. The van der Waals surface area contributed by atoms with E-state index in [1.54, 1.807) is 12.1 Å². The van der Waals surface area contributed by atoms with Crippen molar-refractivity contribution in [1.82, 2.24) is 10.2 Å². The summed E-state index contributed by atoms with van der Waals surface area (Å²) in [5, 5.41) is 3.30. The predicted molar refractivity (Wildman–Crippen MR) is 83.3 cm³/mol. The number of benzene rings is 2. The normalized spacial score (nSPS) is 15.1. The van der Waals surface area contributed by atoms with Crippen LogP contribution in [0, 0.1) is 11.7 Å².